The monoisotopic (exact) mass is 253 g/mol. The van der Waals surface area contributed by atoms with Gasteiger partial charge in [0.05, 0.1) is 24.7 Å². The lowest BCUT2D eigenvalue weighted by molar-refractivity contribution is -0.140. The molecule has 2 heterocycles. The number of hydrogen-bond donors (Lipinski definition) is 1. The Hall–Kier alpha value is -0.450. The van der Waals surface area contributed by atoms with Crippen molar-refractivity contribution in [2.24, 2.45) is 17.6 Å². The van der Waals surface area contributed by atoms with Crippen molar-refractivity contribution >= 4 is 5.78 Å². The van der Waals surface area contributed by atoms with Crippen LogP contribution < -0.4 is 5.73 Å². The first-order chi connectivity index (χ1) is 8.70. The van der Waals surface area contributed by atoms with Gasteiger partial charge in [-0.3, -0.25) is 4.79 Å². The largest absolute Gasteiger partial charge is 0.379 e. The molecule has 3 unspecified atom stereocenters. The second kappa shape index (κ2) is 4.91. The Morgan fingerprint density at radius 3 is 2.67 bits per heavy atom. The molecule has 3 atom stereocenters. The highest BCUT2D eigenvalue weighted by Gasteiger charge is 2.44. The van der Waals surface area contributed by atoms with Gasteiger partial charge in [-0.15, -0.1) is 0 Å². The van der Waals surface area contributed by atoms with E-state index in [-0.39, 0.29) is 23.5 Å². The molecule has 1 aliphatic carbocycles. The molecule has 0 bridgehead atoms. The molecule has 0 aromatic rings. The summed E-state index contributed by atoms with van der Waals surface area (Å²) in [6.45, 7) is 1.79. The maximum atomic E-state index is 12.5. The molecular weight excluding hydrogens is 230 g/mol. The van der Waals surface area contributed by atoms with Gasteiger partial charge in [-0.1, -0.05) is 12.8 Å². The molecule has 0 amide bonds. The zero-order chi connectivity index (χ0) is 12.6. The van der Waals surface area contributed by atoms with Crippen molar-refractivity contribution in [1.29, 1.82) is 0 Å². The van der Waals surface area contributed by atoms with Crippen molar-refractivity contribution in [1.82, 2.24) is 0 Å². The van der Waals surface area contributed by atoms with Crippen molar-refractivity contribution in [3.05, 3.63) is 0 Å². The molecule has 102 valence electrons. The van der Waals surface area contributed by atoms with Crippen molar-refractivity contribution in [2.45, 2.75) is 50.2 Å². The van der Waals surface area contributed by atoms with Crippen LogP contribution in [0.25, 0.3) is 0 Å². The van der Waals surface area contributed by atoms with Gasteiger partial charge in [0.1, 0.15) is 5.78 Å². The molecular formula is C14H23NO3. The SMILES string of the molecule is NC1COCC1C(=O)C1CCOC2(CCCC2)C1. The van der Waals surface area contributed by atoms with Gasteiger partial charge in [-0.2, -0.15) is 0 Å². The molecule has 2 aliphatic heterocycles. The van der Waals surface area contributed by atoms with Gasteiger partial charge in [-0.25, -0.2) is 0 Å². The first-order valence-corrected chi connectivity index (χ1v) is 7.21. The van der Waals surface area contributed by atoms with Crippen LogP contribution in [0.4, 0.5) is 0 Å². The van der Waals surface area contributed by atoms with E-state index in [1.165, 1.54) is 12.8 Å². The summed E-state index contributed by atoms with van der Waals surface area (Å²) < 4.78 is 11.3. The van der Waals surface area contributed by atoms with Crippen LogP contribution in [0.2, 0.25) is 0 Å². The fourth-order valence-electron chi connectivity index (χ4n) is 3.81. The Morgan fingerprint density at radius 2 is 2.00 bits per heavy atom. The van der Waals surface area contributed by atoms with Crippen LogP contribution in [0.3, 0.4) is 0 Å². The zero-order valence-electron chi connectivity index (χ0n) is 10.9. The second-order valence-corrected chi connectivity index (χ2v) is 6.14. The van der Waals surface area contributed by atoms with E-state index < -0.39 is 0 Å². The molecule has 4 nitrogen and oxygen atoms in total. The van der Waals surface area contributed by atoms with Gasteiger partial charge in [0, 0.05) is 18.6 Å². The van der Waals surface area contributed by atoms with E-state index in [9.17, 15) is 4.79 Å². The summed E-state index contributed by atoms with van der Waals surface area (Å²) >= 11 is 0. The standard InChI is InChI=1S/C14H23NO3/c15-12-9-17-8-11(12)13(16)10-3-6-18-14(7-10)4-1-2-5-14/h10-12H,1-9,15H2. The number of ketones is 1. The molecule has 3 rings (SSSR count). The lowest BCUT2D eigenvalue weighted by Crippen LogP contribution is -2.44. The van der Waals surface area contributed by atoms with Gasteiger partial charge < -0.3 is 15.2 Å². The van der Waals surface area contributed by atoms with E-state index in [1.807, 2.05) is 0 Å². The van der Waals surface area contributed by atoms with E-state index in [0.717, 1.165) is 32.3 Å². The molecule has 0 aromatic carbocycles. The minimum absolute atomic E-state index is 0.0160. The quantitative estimate of drug-likeness (QED) is 0.805. The van der Waals surface area contributed by atoms with Crippen LogP contribution in [0.1, 0.15) is 38.5 Å². The smallest absolute Gasteiger partial charge is 0.143 e. The Labute approximate surface area is 108 Å². The summed E-state index contributed by atoms with van der Waals surface area (Å²) in [5.41, 5.74) is 5.97. The third kappa shape index (κ3) is 2.22. The van der Waals surface area contributed by atoms with Gasteiger partial charge in [-0.05, 0) is 25.7 Å². The Bertz CT molecular complexity index is 325. The van der Waals surface area contributed by atoms with E-state index >= 15 is 0 Å². The van der Waals surface area contributed by atoms with E-state index in [1.54, 1.807) is 0 Å². The van der Waals surface area contributed by atoms with Crippen LogP contribution in [0.5, 0.6) is 0 Å². The van der Waals surface area contributed by atoms with Crippen molar-refractivity contribution in [3.63, 3.8) is 0 Å². The van der Waals surface area contributed by atoms with Crippen LogP contribution in [-0.4, -0.2) is 37.2 Å². The maximum absolute atomic E-state index is 12.5. The Balaban J connectivity index is 1.66. The predicted molar refractivity (Wildman–Crippen MR) is 67.2 cm³/mol. The first-order valence-electron chi connectivity index (χ1n) is 7.21. The minimum atomic E-state index is -0.0973. The van der Waals surface area contributed by atoms with Crippen molar-refractivity contribution in [3.8, 4) is 0 Å². The third-order valence-electron chi connectivity index (χ3n) is 4.90. The zero-order valence-corrected chi connectivity index (χ0v) is 10.9. The molecule has 1 spiro atoms. The summed E-state index contributed by atoms with van der Waals surface area (Å²) in [5.74, 6) is 0.399. The normalized spacial score (nSPS) is 39.3. The van der Waals surface area contributed by atoms with E-state index in [0.29, 0.717) is 19.0 Å². The first kappa shape index (κ1) is 12.6. The topological polar surface area (TPSA) is 61.5 Å². The Kier molecular flexibility index (Phi) is 3.43. The molecule has 2 N–H and O–H groups in total. The molecule has 4 heteroatoms. The van der Waals surface area contributed by atoms with Crippen molar-refractivity contribution in [2.75, 3.05) is 19.8 Å². The summed E-state index contributed by atoms with van der Waals surface area (Å²) in [7, 11) is 0. The van der Waals surface area contributed by atoms with Crippen LogP contribution in [-0.2, 0) is 14.3 Å². The number of hydrogen-bond acceptors (Lipinski definition) is 4. The average molecular weight is 253 g/mol. The van der Waals surface area contributed by atoms with Gasteiger partial charge in [0.15, 0.2) is 0 Å². The average Bonchev–Trinajstić information content (AvgIpc) is 2.98. The van der Waals surface area contributed by atoms with Crippen molar-refractivity contribution < 1.29 is 14.3 Å². The predicted octanol–water partition coefficient (Wildman–Crippen LogP) is 1.27. The van der Waals surface area contributed by atoms with E-state index in [4.69, 9.17) is 15.2 Å². The maximum Gasteiger partial charge on any atom is 0.143 e. The fraction of sp³-hybridized carbons (Fsp3) is 0.929. The number of nitrogens with two attached hydrogens (primary N) is 1. The summed E-state index contributed by atoms with van der Waals surface area (Å²) in [6.07, 6.45) is 6.52. The highest BCUT2D eigenvalue weighted by Crippen LogP contribution is 2.43. The summed E-state index contributed by atoms with van der Waals surface area (Å²) in [6, 6.07) is -0.0973. The Morgan fingerprint density at radius 1 is 1.22 bits per heavy atom. The third-order valence-corrected chi connectivity index (χ3v) is 4.90. The second-order valence-electron chi connectivity index (χ2n) is 6.14. The van der Waals surface area contributed by atoms with Crippen LogP contribution >= 0.6 is 0 Å². The van der Waals surface area contributed by atoms with Crippen LogP contribution in [0, 0.1) is 11.8 Å². The minimum Gasteiger partial charge on any atom is -0.379 e. The summed E-state index contributed by atoms with van der Waals surface area (Å²) in [4.78, 5) is 12.5. The van der Waals surface area contributed by atoms with Gasteiger partial charge in [0.2, 0.25) is 0 Å². The number of Topliss-reactive ketones (excluding diaryl/α,β-unsaturated/α-hetero) is 1. The number of ether oxygens (including phenoxy) is 2. The van der Waals surface area contributed by atoms with E-state index in [2.05, 4.69) is 0 Å². The highest BCUT2D eigenvalue weighted by atomic mass is 16.5. The number of carbonyl (C=O) groups is 1. The molecule has 0 aromatic heterocycles. The molecule has 0 radical (unpaired) electrons. The van der Waals surface area contributed by atoms with Gasteiger partial charge >= 0.3 is 0 Å². The lowest BCUT2D eigenvalue weighted by Gasteiger charge is -2.38. The molecule has 1 saturated carbocycles. The molecule has 3 aliphatic rings. The molecule has 3 fully saturated rings. The molecule has 18 heavy (non-hydrogen) atoms. The highest BCUT2D eigenvalue weighted by molar-refractivity contribution is 5.84. The number of rotatable bonds is 2. The lowest BCUT2D eigenvalue weighted by atomic mass is 9.78. The van der Waals surface area contributed by atoms with Gasteiger partial charge in [0.25, 0.3) is 0 Å². The van der Waals surface area contributed by atoms with Crippen LogP contribution in [0.15, 0.2) is 0 Å². The fourth-order valence-corrected chi connectivity index (χ4v) is 3.81. The summed E-state index contributed by atoms with van der Waals surface area (Å²) in [5, 5.41) is 0. The number of carbonyl (C=O) groups excluding carboxylic acids is 1. The molecule has 2 saturated heterocycles.